The molecule has 2 atom stereocenters. The molecule has 3 heterocycles. The Bertz CT molecular complexity index is 767. The van der Waals surface area contributed by atoms with E-state index in [4.69, 9.17) is 4.74 Å². The molecule has 2 fully saturated rings. The SMILES string of the molecule is C[C@@H]1CN(C(=O)CSc2nnc(-c3ccncc3)n2C2CC2)C[C@H](C)O1. The Labute approximate surface area is 157 Å². The van der Waals surface area contributed by atoms with Gasteiger partial charge >= 0.3 is 0 Å². The molecule has 0 bridgehead atoms. The van der Waals surface area contributed by atoms with Crippen LogP contribution < -0.4 is 0 Å². The van der Waals surface area contributed by atoms with Gasteiger partial charge in [-0.15, -0.1) is 10.2 Å². The second-order valence-corrected chi connectivity index (χ2v) is 7.93. The molecule has 1 saturated heterocycles. The van der Waals surface area contributed by atoms with E-state index in [9.17, 15) is 4.79 Å². The van der Waals surface area contributed by atoms with Gasteiger partial charge in [-0.1, -0.05) is 11.8 Å². The van der Waals surface area contributed by atoms with Gasteiger partial charge in [-0.05, 0) is 38.8 Å². The lowest BCUT2D eigenvalue weighted by Gasteiger charge is -2.35. The van der Waals surface area contributed by atoms with Crippen molar-refractivity contribution in [2.24, 2.45) is 0 Å². The zero-order valence-electron chi connectivity index (χ0n) is 15.0. The third-order valence-electron chi connectivity index (χ3n) is 4.61. The molecule has 2 aromatic heterocycles. The predicted octanol–water partition coefficient (Wildman–Crippen LogP) is 2.40. The molecule has 1 saturated carbocycles. The number of nitrogens with zero attached hydrogens (tertiary/aromatic N) is 5. The fraction of sp³-hybridized carbons (Fsp3) is 0.556. The fourth-order valence-electron chi connectivity index (χ4n) is 3.33. The van der Waals surface area contributed by atoms with Crippen molar-refractivity contribution in [1.29, 1.82) is 0 Å². The molecule has 1 aliphatic heterocycles. The molecule has 2 aliphatic rings. The first-order chi connectivity index (χ1) is 12.6. The number of carbonyl (C=O) groups excluding carboxylic acids is 1. The third-order valence-corrected chi connectivity index (χ3v) is 5.54. The smallest absolute Gasteiger partial charge is 0.233 e. The van der Waals surface area contributed by atoms with Gasteiger partial charge in [0.05, 0.1) is 18.0 Å². The summed E-state index contributed by atoms with van der Waals surface area (Å²) in [5.74, 6) is 1.37. The normalized spacial score (nSPS) is 23.2. The summed E-state index contributed by atoms with van der Waals surface area (Å²) in [6, 6.07) is 4.33. The van der Waals surface area contributed by atoms with Crippen molar-refractivity contribution in [3.8, 4) is 11.4 Å². The number of ether oxygens (including phenoxy) is 1. The summed E-state index contributed by atoms with van der Waals surface area (Å²) < 4.78 is 7.89. The first kappa shape index (κ1) is 17.5. The Morgan fingerprint density at radius 3 is 2.54 bits per heavy atom. The van der Waals surface area contributed by atoms with E-state index in [2.05, 4.69) is 19.7 Å². The predicted molar refractivity (Wildman–Crippen MR) is 98.8 cm³/mol. The zero-order valence-corrected chi connectivity index (χ0v) is 15.9. The van der Waals surface area contributed by atoms with Crippen LogP contribution in [0.5, 0.6) is 0 Å². The molecule has 0 spiro atoms. The van der Waals surface area contributed by atoms with E-state index in [1.807, 2.05) is 30.9 Å². The minimum absolute atomic E-state index is 0.0844. The number of amides is 1. The maximum absolute atomic E-state index is 12.6. The van der Waals surface area contributed by atoms with Gasteiger partial charge in [0.15, 0.2) is 11.0 Å². The highest BCUT2D eigenvalue weighted by molar-refractivity contribution is 7.99. The molecular weight excluding hydrogens is 350 g/mol. The first-order valence-corrected chi connectivity index (χ1v) is 10.0. The monoisotopic (exact) mass is 373 g/mol. The number of hydrogen-bond acceptors (Lipinski definition) is 6. The number of morpholine rings is 1. The van der Waals surface area contributed by atoms with Gasteiger partial charge in [0.1, 0.15) is 0 Å². The lowest BCUT2D eigenvalue weighted by Crippen LogP contribution is -2.48. The molecule has 7 nitrogen and oxygen atoms in total. The standard InChI is InChI=1S/C18H23N5O2S/c1-12-9-22(10-13(2)25-12)16(24)11-26-18-21-20-17(23(18)15-3-4-15)14-5-7-19-8-6-14/h5-8,12-13,15H,3-4,9-11H2,1-2H3/t12-,13+. The van der Waals surface area contributed by atoms with Crippen LogP contribution >= 0.6 is 11.8 Å². The Morgan fingerprint density at radius 2 is 1.88 bits per heavy atom. The highest BCUT2D eigenvalue weighted by Crippen LogP contribution is 2.41. The molecule has 4 rings (SSSR count). The average Bonchev–Trinajstić information content (AvgIpc) is 3.38. The molecule has 1 aliphatic carbocycles. The van der Waals surface area contributed by atoms with Crippen molar-refractivity contribution < 1.29 is 9.53 Å². The summed E-state index contributed by atoms with van der Waals surface area (Å²) in [5.41, 5.74) is 1.01. The van der Waals surface area contributed by atoms with Crippen LogP contribution in [0.15, 0.2) is 29.7 Å². The lowest BCUT2D eigenvalue weighted by atomic mass is 10.2. The first-order valence-electron chi connectivity index (χ1n) is 9.03. The Kier molecular flexibility index (Phi) is 4.95. The van der Waals surface area contributed by atoms with Crippen LogP contribution in [0.25, 0.3) is 11.4 Å². The molecule has 1 amide bonds. The van der Waals surface area contributed by atoms with E-state index < -0.39 is 0 Å². The maximum atomic E-state index is 12.6. The lowest BCUT2D eigenvalue weighted by molar-refractivity contribution is -0.140. The minimum Gasteiger partial charge on any atom is -0.372 e. The highest BCUT2D eigenvalue weighted by Gasteiger charge is 2.31. The number of thioether (sulfide) groups is 1. The van der Waals surface area contributed by atoms with E-state index in [-0.39, 0.29) is 18.1 Å². The number of carbonyl (C=O) groups is 1. The molecule has 0 radical (unpaired) electrons. The van der Waals surface area contributed by atoms with Gasteiger partial charge < -0.3 is 9.64 Å². The van der Waals surface area contributed by atoms with Crippen LogP contribution in [-0.2, 0) is 9.53 Å². The maximum Gasteiger partial charge on any atom is 0.233 e. The Hall–Kier alpha value is -1.93. The number of pyridine rings is 1. The second-order valence-electron chi connectivity index (χ2n) is 6.99. The molecular formula is C18H23N5O2S. The summed E-state index contributed by atoms with van der Waals surface area (Å²) in [7, 11) is 0. The van der Waals surface area contributed by atoms with Crippen LogP contribution in [0.4, 0.5) is 0 Å². The van der Waals surface area contributed by atoms with Crippen LogP contribution in [0.2, 0.25) is 0 Å². The van der Waals surface area contributed by atoms with E-state index >= 15 is 0 Å². The Morgan fingerprint density at radius 1 is 1.19 bits per heavy atom. The van der Waals surface area contributed by atoms with Crippen molar-refractivity contribution >= 4 is 17.7 Å². The topological polar surface area (TPSA) is 73.1 Å². The van der Waals surface area contributed by atoms with Crippen molar-refractivity contribution in [3.63, 3.8) is 0 Å². The van der Waals surface area contributed by atoms with Crippen molar-refractivity contribution in [2.45, 2.75) is 50.1 Å². The number of rotatable bonds is 5. The molecule has 26 heavy (non-hydrogen) atoms. The van der Waals surface area contributed by atoms with Crippen molar-refractivity contribution in [2.75, 3.05) is 18.8 Å². The van der Waals surface area contributed by atoms with Gasteiger partial charge in [-0.25, -0.2) is 0 Å². The highest BCUT2D eigenvalue weighted by atomic mass is 32.2. The molecule has 0 aromatic carbocycles. The zero-order chi connectivity index (χ0) is 18.1. The molecule has 138 valence electrons. The van der Waals surface area contributed by atoms with Crippen LogP contribution in [0.3, 0.4) is 0 Å². The number of hydrogen-bond donors (Lipinski definition) is 0. The summed E-state index contributed by atoms with van der Waals surface area (Å²) >= 11 is 1.48. The van der Waals surface area contributed by atoms with Crippen LogP contribution in [0.1, 0.15) is 32.7 Å². The van der Waals surface area contributed by atoms with E-state index in [0.29, 0.717) is 24.9 Å². The Balaban J connectivity index is 1.47. The summed E-state index contributed by atoms with van der Waals surface area (Å²) in [4.78, 5) is 18.6. The summed E-state index contributed by atoms with van der Waals surface area (Å²) in [6.07, 6.45) is 5.96. The van der Waals surface area contributed by atoms with Gasteiger partial charge in [0, 0.05) is 37.1 Å². The van der Waals surface area contributed by atoms with Gasteiger partial charge in [0.2, 0.25) is 5.91 Å². The molecule has 0 N–H and O–H groups in total. The fourth-order valence-corrected chi connectivity index (χ4v) is 4.24. The van der Waals surface area contributed by atoms with Crippen LogP contribution in [0, 0.1) is 0 Å². The van der Waals surface area contributed by atoms with Gasteiger partial charge in [-0.2, -0.15) is 0 Å². The quantitative estimate of drug-likeness (QED) is 0.750. The van der Waals surface area contributed by atoms with E-state index in [1.54, 1.807) is 12.4 Å². The van der Waals surface area contributed by atoms with E-state index in [1.165, 1.54) is 11.8 Å². The van der Waals surface area contributed by atoms with Crippen LogP contribution in [-0.4, -0.2) is 61.6 Å². The summed E-state index contributed by atoms with van der Waals surface area (Å²) in [5, 5.41) is 9.56. The largest absolute Gasteiger partial charge is 0.372 e. The van der Waals surface area contributed by atoms with Crippen molar-refractivity contribution in [3.05, 3.63) is 24.5 Å². The van der Waals surface area contributed by atoms with E-state index in [0.717, 1.165) is 29.4 Å². The number of aromatic nitrogens is 4. The average molecular weight is 373 g/mol. The molecule has 0 unspecified atom stereocenters. The summed E-state index contributed by atoms with van der Waals surface area (Å²) in [6.45, 7) is 5.32. The molecule has 8 heteroatoms. The molecule has 2 aromatic rings. The van der Waals surface area contributed by atoms with Gasteiger partial charge in [0.25, 0.3) is 0 Å². The second kappa shape index (κ2) is 7.36. The van der Waals surface area contributed by atoms with Crippen molar-refractivity contribution in [1.82, 2.24) is 24.6 Å². The van der Waals surface area contributed by atoms with Gasteiger partial charge in [-0.3, -0.25) is 14.3 Å². The third kappa shape index (κ3) is 3.76. The minimum atomic E-state index is 0.0844.